The van der Waals surface area contributed by atoms with Crippen LogP contribution in [0.3, 0.4) is 0 Å². The van der Waals surface area contributed by atoms with Crippen LogP contribution in [0.1, 0.15) is 17.3 Å². The van der Waals surface area contributed by atoms with E-state index in [1.807, 2.05) is 29.7 Å². The van der Waals surface area contributed by atoms with E-state index in [1.165, 1.54) is 25.6 Å². The molecule has 0 saturated heterocycles. The fourth-order valence-corrected chi connectivity index (χ4v) is 4.50. The molecule has 3 aromatic rings. The monoisotopic (exact) mass is 420 g/mol. The van der Waals surface area contributed by atoms with Gasteiger partial charge in [0.2, 0.25) is 0 Å². The van der Waals surface area contributed by atoms with E-state index in [9.17, 15) is 4.79 Å². The highest BCUT2D eigenvalue weighted by Crippen LogP contribution is 2.31. The Morgan fingerprint density at radius 2 is 1.96 bits per heavy atom. The van der Waals surface area contributed by atoms with Crippen LogP contribution in [0.4, 0.5) is 0 Å². The van der Waals surface area contributed by atoms with Crippen molar-refractivity contribution in [2.45, 2.75) is 13.5 Å². The summed E-state index contributed by atoms with van der Waals surface area (Å²) in [7, 11) is 3.05. The van der Waals surface area contributed by atoms with E-state index in [-0.39, 0.29) is 5.91 Å². The highest BCUT2D eigenvalue weighted by Gasteiger charge is 2.17. The van der Waals surface area contributed by atoms with Crippen molar-refractivity contribution >= 4 is 43.4 Å². The molecule has 130 valence electrons. The summed E-state index contributed by atoms with van der Waals surface area (Å²) in [4.78, 5) is 17.8. The number of para-hydroxylation sites is 2. The maximum absolute atomic E-state index is 12.8. The van der Waals surface area contributed by atoms with Crippen LogP contribution in [0.15, 0.2) is 45.9 Å². The summed E-state index contributed by atoms with van der Waals surface area (Å²) >= 11 is 5.06. The van der Waals surface area contributed by atoms with Crippen molar-refractivity contribution in [1.29, 1.82) is 0 Å². The molecule has 3 rings (SSSR count). The lowest BCUT2D eigenvalue weighted by Gasteiger charge is -2.10. The van der Waals surface area contributed by atoms with E-state index in [4.69, 9.17) is 9.47 Å². The lowest BCUT2D eigenvalue weighted by molar-refractivity contribution is 0.0994. The molecule has 0 aliphatic heterocycles. The van der Waals surface area contributed by atoms with Crippen LogP contribution in [0, 0.1) is 0 Å². The number of nitrogens with zero attached hydrogens (tertiary/aromatic N) is 2. The predicted octanol–water partition coefficient (Wildman–Crippen LogP) is 4.24. The topological polar surface area (TPSA) is 52.8 Å². The number of aromatic nitrogens is 1. The number of ether oxygens (including phenoxy) is 2. The Bertz CT molecular complexity index is 1010. The molecule has 0 radical (unpaired) electrons. The zero-order valence-corrected chi connectivity index (χ0v) is 16.5. The lowest BCUT2D eigenvalue weighted by Crippen LogP contribution is -2.16. The van der Waals surface area contributed by atoms with E-state index < -0.39 is 0 Å². The summed E-state index contributed by atoms with van der Waals surface area (Å²) in [5, 5.41) is 0. The van der Waals surface area contributed by atoms with Gasteiger partial charge in [-0.15, -0.1) is 0 Å². The predicted molar refractivity (Wildman–Crippen MR) is 103 cm³/mol. The number of hydrogen-bond acceptors (Lipinski definition) is 4. The molecule has 0 atom stereocenters. The van der Waals surface area contributed by atoms with E-state index in [0.717, 1.165) is 14.7 Å². The fraction of sp³-hybridized carbons (Fsp3) is 0.222. The summed E-state index contributed by atoms with van der Waals surface area (Å²) in [6, 6.07) is 11.2. The molecule has 0 unspecified atom stereocenters. The first-order chi connectivity index (χ1) is 12.1. The van der Waals surface area contributed by atoms with Gasteiger partial charge < -0.3 is 14.0 Å². The van der Waals surface area contributed by atoms with Crippen molar-refractivity contribution in [1.82, 2.24) is 4.57 Å². The van der Waals surface area contributed by atoms with Gasteiger partial charge in [0.25, 0.3) is 5.91 Å². The molecule has 25 heavy (non-hydrogen) atoms. The van der Waals surface area contributed by atoms with E-state index in [0.29, 0.717) is 28.4 Å². The highest BCUT2D eigenvalue weighted by atomic mass is 79.9. The number of fused-ring (bicyclic) bond motifs is 1. The van der Waals surface area contributed by atoms with Gasteiger partial charge in [0.15, 0.2) is 16.3 Å². The molecule has 7 heteroatoms. The Morgan fingerprint density at radius 1 is 1.20 bits per heavy atom. The smallest absolute Gasteiger partial charge is 0.283 e. The molecule has 0 bridgehead atoms. The summed E-state index contributed by atoms with van der Waals surface area (Å²) in [5.74, 6) is 0.538. The molecule has 0 spiro atoms. The molecule has 0 aliphatic carbocycles. The molecule has 0 saturated carbocycles. The maximum atomic E-state index is 12.8. The van der Waals surface area contributed by atoms with Gasteiger partial charge in [-0.05, 0) is 47.1 Å². The van der Waals surface area contributed by atoms with Crippen LogP contribution in [0.5, 0.6) is 11.5 Å². The highest BCUT2D eigenvalue weighted by molar-refractivity contribution is 9.10. The Kier molecular flexibility index (Phi) is 5.24. The third-order valence-electron chi connectivity index (χ3n) is 3.80. The minimum atomic E-state index is -0.361. The maximum Gasteiger partial charge on any atom is 0.283 e. The molecule has 1 aromatic heterocycles. The van der Waals surface area contributed by atoms with Crippen molar-refractivity contribution in [2.75, 3.05) is 14.2 Å². The van der Waals surface area contributed by atoms with Crippen LogP contribution in [-0.2, 0) is 6.54 Å². The van der Waals surface area contributed by atoms with Gasteiger partial charge in [-0.25, -0.2) is 0 Å². The standard InChI is InChI=1S/C18H17BrN2O3S/c1-4-21-15-12(19)8-6-10-14(15)25-18(21)20-17(22)11-7-5-9-13(23-2)16(11)24-3/h5-10H,4H2,1-3H3. The summed E-state index contributed by atoms with van der Waals surface area (Å²) in [6.07, 6.45) is 0. The zero-order valence-electron chi connectivity index (χ0n) is 14.1. The second-order valence-corrected chi connectivity index (χ2v) is 7.04. The van der Waals surface area contributed by atoms with Crippen molar-refractivity contribution in [3.63, 3.8) is 0 Å². The van der Waals surface area contributed by atoms with Gasteiger partial charge in [0.05, 0.1) is 30.0 Å². The second kappa shape index (κ2) is 7.41. The minimum absolute atomic E-state index is 0.361. The first kappa shape index (κ1) is 17.7. The third kappa shape index (κ3) is 3.21. The molecule has 1 heterocycles. The number of carbonyl (C=O) groups excluding carboxylic acids is 1. The normalized spacial score (nSPS) is 11.8. The van der Waals surface area contributed by atoms with Gasteiger partial charge in [-0.3, -0.25) is 4.79 Å². The quantitative estimate of drug-likeness (QED) is 0.633. The molecular weight excluding hydrogens is 404 g/mol. The van der Waals surface area contributed by atoms with E-state index >= 15 is 0 Å². The Balaban J connectivity index is 2.18. The van der Waals surface area contributed by atoms with Crippen molar-refractivity contribution < 1.29 is 14.3 Å². The number of halogens is 1. The molecule has 0 aliphatic rings. The first-order valence-electron chi connectivity index (χ1n) is 7.68. The van der Waals surface area contributed by atoms with Crippen molar-refractivity contribution in [3.8, 4) is 11.5 Å². The van der Waals surface area contributed by atoms with Crippen molar-refractivity contribution in [2.24, 2.45) is 4.99 Å². The number of amides is 1. The summed E-state index contributed by atoms with van der Waals surface area (Å²) in [6.45, 7) is 2.74. The SMILES string of the molecule is CCn1c(=NC(=O)c2cccc(OC)c2OC)sc2cccc(Br)c21. The third-order valence-corrected chi connectivity index (χ3v) is 5.48. The molecule has 5 nitrogen and oxygen atoms in total. The number of carbonyl (C=O) groups is 1. The zero-order chi connectivity index (χ0) is 18.0. The van der Waals surface area contributed by atoms with Crippen LogP contribution >= 0.6 is 27.3 Å². The number of hydrogen-bond donors (Lipinski definition) is 0. The average Bonchev–Trinajstić information content (AvgIpc) is 2.99. The van der Waals surface area contributed by atoms with Gasteiger partial charge in [0, 0.05) is 11.0 Å². The molecule has 0 fully saturated rings. The van der Waals surface area contributed by atoms with Crippen LogP contribution in [-0.4, -0.2) is 24.7 Å². The summed E-state index contributed by atoms with van der Waals surface area (Å²) < 4.78 is 14.7. The van der Waals surface area contributed by atoms with E-state index in [2.05, 4.69) is 20.9 Å². The van der Waals surface area contributed by atoms with E-state index in [1.54, 1.807) is 18.2 Å². The number of benzene rings is 2. The van der Waals surface area contributed by atoms with Gasteiger partial charge >= 0.3 is 0 Å². The largest absolute Gasteiger partial charge is 0.493 e. The van der Waals surface area contributed by atoms with Gasteiger partial charge in [-0.2, -0.15) is 4.99 Å². The second-order valence-electron chi connectivity index (χ2n) is 5.17. The van der Waals surface area contributed by atoms with Crippen molar-refractivity contribution in [3.05, 3.63) is 51.2 Å². The Hall–Kier alpha value is -2.12. The van der Waals surface area contributed by atoms with Crippen LogP contribution in [0.2, 0.25) is 0 Å². The minimum Gasteiger partial charge on any atom is -0.493 e. The number of methoxy groups -OCH3 is 2. The van der Waals surface area contributed by atoms with Gasteiger partial charge in [0.1, 0.15) is 0 Å². The van der Waals surface area contributed by atoms with Gasteiger partial charge in [-0.1, -0.05) is 23.5 Å². The van der Waals surface area contributed by atoms with Crippen LogP contribution < -0.4 is 14.3 Å². The first-order valence-corrected chi connectivity index (χ1v) is 9.29. The number of thiazole rings is 1. The Morgan fingerprint density at radius 3 is 2.64 bits per heavy atom. The fourth-order valence-electron chi connectivity index (χ4n) is 2.67. The molecule has 0 N–H and O–H groups in total. The average molecular weight is 421 g/mol. The molecular formula is C18H17BrN2O3S. The number of rotatable bonds is 4. The van der Waals surface area contributed by atoms with Crippen LogP contribution in [0.25, 0.3) is 10.2 Å². The lowest BCUT2D eigenvalue weighted by atomic mass is 10.2. The molecule has 1 amide bonds. The Labute approximate surface area is 157 Å². The molecule has 2 aromatic carbocycles. The summed E-state index contributed by atoms with van der Waals surface area (Å²) in [5.41, 5.74) is 1.42. The number of aryl methyl sites for hydroxylation is 1.